The fraction of sp³-hybridized carbons (Fsp3) is 0.182. The summed E-state index contributed by atoms with van der Waals surface area (Å²) in [6.45, 7) is 4.10. The van der Waals surface area contributed by atoms with E-state index < -0.39 is 0 Å². The highest BCUT2D eigenvalue weighted by atomic mass is 16.5. The maximum atomic E-state index is 11.9. The van der Waals surface area contributed by atoms with Crippen LogP contribution >= 0.6 is 0 Å². The molecule has 1 amide bonds. The molecule has 0 aliphatic heterocycles. The number of carbonyl (C=O) groups is 1. The maximum Gasteiger partial charge on any atom is 0.277 e. The molecule has 27 heavy (non-hydrogen) atoms. The SMILES string of the molecule is CC(C)c1ccc(OCC(=O)N/N=C/c2c(O)ccc3ccccc23)cc1. The summed E-state index contributed by atoms with van der Waals surface area (Å²) in [4.78, 5) is 11.9. The number of phenolic OH excluding ortho intramolecular Hbond substituents is 1. The summed E-state index contributed by atoms with van der Waals surface area (Å²) in [5.74, 6) is 0.805. The molecule has 5 heteroatoms. The number of nitrogens with one attached hydrogen (secondary N) is 1. The summed E-state index contributed by atoms with van der Waals surface area (Å²) in [7, 11) is 0. The van der Waals surface area contributed by atoms with Gasteiger partial charge in [-0.2, -0.15) is 5.10 Å². The fourth-order valence-corrected chi connectivity index (χ4v) is 2.72. The van der Waals surface area contributed by atoms with E-state index in [9.17, 15) is 9.90 Å². The van der Waals surface area contributed by atoms with Crippen LogP contribution in [0.4, 0.5) is 0 Å². The number of aromatic hydroxyl groups is 1. The van der Waals surface area contributed by atoms with E-state index in [2.05, 4.69) is 24.4 Å². The Kier molecular flexibility index (Phi) is 5.71. The molecule has 0 spiro atoms. The molecule has 0 saturated carbocycles. The summed E-state index contributed by atoms with van der Waals surface area (Å²) in [6.07, 6.45) is 1.44. The van der Waals surface area contributed by atoms with E-state index in [1.807, 2.05) is 54.6 Å². The van der Waals surface area contributed by atoms with Gasteiger partial charge < -0.3 is 9.84 Å². The zero-order valence-electron chi connectivity index (χ0n) is 15.3. The van der Waals surface area contributed by atoms with E-state index in [4.69, 9.17) is 4.74 Å². The normalized spacial score (nSPS) is 11.2. The standard InChI is InChI=1S/C22H22N2O3/c1-15(2)16-7-10-18(11-8-16)27-14-22(26)24-23-13-20-19-6-4-3-5-17(19)9-12-21(20)25/h3-13,15,25H,14H2,1-2H3,(H,24,26)/b23-13+. The van der Waals surface area contributed by atoms with Gasteiger partial charge in [0.2, 0.25) is 0 Å². The average Bonchev–Trinajstić information content (AvgIpc) is 2.68. The van der Waals surface area contributed by atoms with Crippen LogP contribution in [0.15, 0.2) is 65.8 Å². The molecule has 0 saturated heterocycles. The summed E-state index contributed by atoms with van der Waals surface area (Å²) < 4.78 is 5.46. The van der Waals surface area contributed by atoms with Crippen LogP contribution in [0, 0.1) is 0 Å². The Morgan fingerprint density at radius 2 is 1.85 bits per heavy atom. The molecule has 0 aliphatic rings. The van der Waals surface area contributed by atoms with Gasteiger partial charge in [-0.15, -0.1) is 0 Å². The first kappa shape index (κ1) is 18.5. The van der Waals surface area contributed by atoms with Gasteiger partial charge in [0, 0.05) is 5.56 Å². The summed E-state index contributed by atoms with van der Waals surface area (Å²) in [6, 6.07) is 18.8. The predicted octanol–water partition coefficient (Wildman–Crippen LogP) is 4.20. The highest BCUT2D eigenvalue weighted by Gasteiger charge is 2.06. The van der Waals surface area contributed by atoms with Crippen molar-refractivity contribution >= 4 is 22.9 Å². The molecule has 0 unspecified atom stereocenters. The third-order valence-electron chi connectivity index (χ3n) is 4.25. The van der Waals surface area contributed by atoms with Crippen LogP contribution in [0.5, 0.6) is 11.5 Å². The van der Waals surface area contributed by atoms with Crippen LogP contribution in [-0.4, -0.2) is 23.8 Å². The minimum absolute atomic E-state index is 0.105. The van der Waals surface area contributed by atoms with Crippen LogP contribution in [-0.2, 0) is 4.79 Å². The smallest absolute Gasteiger partial charge is 0.277 e. The Balaban J connectivity index is 1.58. The molecule has 2 N–H and O–H groups in total. The molecule has 0 aromatic heterocycles. The molecule has 0 atom stereocenters. The lowest BCUT2D eigenvalue weighted by atomic mass is 10.0. The minimum atomic E-state index is -0.376. The second kappa shape index (κ2) is 8.36. The Morgan fingerprint density at radius 1 is 1.11 bits per heavy atom. The molecular formula is C22H22N2O3. The molecule has 0 aliphatic carbocycles. The second-order valence-corrected chi connectivity index (χ2v) is 6.53. The van der Waals surface area contributed by atoms with Crippen LogP contribution in [0.3, 0.4) is 0 Å². The van der Waals surface area contributed by atoms with E-state index in [-0.39, 0.29) is 18.3 Å². The van der Waals surface area contributed by atoms with Crippen molar-refractivity contribution < 1.29 is 14.6 Å². The zero-order chi connectivity index (χ0) is 19.2. The molecule has 3 aromatic rings. The van der Waals surface area contributed by atoms with Crippen molar-refractivity contribution in [2.45, 2.75) is 19.8 Å². The van der Waals surface area contributed by atoms with Crippen molar-refractivity contribution in [2.24, 2.45) is 5.10 Å². The molecule has 0 radical (unpaired) electrons. The number of amides is 1. The van der Waals surface area contributed by atoms with E-state index >= 15 is 0 Å². The number of fused-ring (bicyclic) bond motifs is 1. The highest BCUT2D eigenvalue weighted by molar-refractivity contribution is 6.02. The monoisotopic (exact) mass is 362 g/mol. The first-order valence-corrected chi connectivity index (χ1v) is 8.80. The van der Waals surface area contributed by atoms with Gasteiger partial charge in [-0.1, -0.05) is 56.3 Å². The van der Waals surface area contributed by atoms with Gasteiger partial charge in [-0.05, 0) is 40.5 Å². The molecule has 0 heterocycles. The van der Waals surface area contributed by atoms with Crippen LogP contribution in [0.2, 0.25) is 0 Å². The zero-order valence-corrected chi connectivity index (χ0v) is 15.3. The molecule has 0 fully saturated rings. The third kappa shape index (κ3) is 4.64. The quantitative estimate of drug-likeness (QED) is 0.510. The van der Waals surface area contributed by atoms with Crippen LogP contribution in [0.25, 0.3) is 10.8 Å². The van der Waals surface area contributed by atoms with Gasteiger partial charge in [0.25, 0.3) is 5.91 Å². The van der Waals surface area contributed by atoms with Crippen molar-refractivity contribution in [3.63, 3.8) is 0 Å². The number of rotatable bonds is 6. The number of hydrogen-bond acceptors (Lipinski definition) is 4. The molecular weight excluding hydrogens is 340 g/mol. The largest absolute Gasteiger partial charge is 0.507 e. The minimum Gasteiger partial charge on any atom is -0.507 e. The predicted molar refractivity (Wildman–Crippen MR) is 107 cm³/mol. The van der Waals surface area contributed by atoms with Gasteiger partial charge in [-0.3, -0.25) is 4.79 Å². The summed E-state index contributed by atoms with van der Waals surface area (Å²) in [5.41, 5.74) is 4.19. The molecule has 5 nitrogen and oxygen atoms in total. The van der Waals surface area contributed by atoms with Crippen molar-refractivity contribution in [2.75, 3.05) is 6.61 Å². The molecule has 138 valence electrons. The third-order valence-corrected chi connectivity index (χ3v) is 4.25. The topological polar surface area (TPSA) is 70.9 Å². The van der Waals surface area contributed by atoms with Gasteiger partial charge in [-0.25, -0.2) is 5.43 Å². The highest BCUT2D eigenvalue weighted by Crippen LogP contribution is 2.25. The van der Waals surface area contributed by atoms with Gasteiger partial charge in [0.05, 0.1) is 6.21 Å². The van der Waals surface area contributed by atoms with E-state index in [1.54, 1.807) is 6.07 Å². The van der Waals surface area contributed by atoms with Crippen LogP contribution < -0.4 is 10.2 Å². The van der Waals surface area contributed by atoms with E-state index in [0.29, 0.717) is 17.2 Å². The van der Waals surface area contributed by atoms with Gasteiger partial charge in [0.1, 0.15) is 11.5 Å². The summed E-state index contributed by atoms with van der Waals surface area (Å²) >= 11 is 0. The number of hydrogen-bond donors (Lipinski definition) is 2. The summed E-state index contributed by atoms with van der Waals surface area (Å²) in [5, 5.41) is 15.8. The molecule has 3 aromatic carbocycles. The molecule has 0 bridgehead atoms. The Labute approximate surface area is 158 Å². The number of nitrogens with zero attached hydrogens (tertiary/aromatic N) is 1. The fourth-order valence-electron chi connectivity index (χ4n) is 2.72. The number of ether oxygens (including phenoxy) is 1. The van der Waals surface area contributed by atoms with Crippen molar-refractivity contribution in [1.29, 1.82) is 0 Å². The number of hydrazone groups is 1. The Bertz CT molecular complexity index is 963. The number of carbonyl (C=O) groups excluding carboxylic acids is 1. The Hall–Kier alpha value is -3.34. The van der Waals surface area contributed by atoms with E-state index in [0.717, 1.165) is 10.8 Å². The number of benzene rings is 3. The van der Waals surface area contributed by atoms with Gasteiger partial charge >= 0.3 is 0 Å². The van der Waals surface area contributed by atoms with E-state index in [1.165, 1.54) is 11.8 Å². The average molecular weight is 362 g/mol. The number of phenols is 1. The first-order chi connectivity index (χ1) is 13.0. The van der Waals surface area contributed by atoms with Crippen LogP contribution in [0.1, 0.15) is 30.9 Å². The van der Waals surface area contributed by atoms with Crippen molar-refractivity contribution in [3.05, 3.63) is 71.8 Å². The lowest BCUT2D eigenvalue weighted by Gasteiger charge is -2.08. The molecule has 3 rings (SSSR count). The van der Waals surface area contributed by atoms with Crippen molar-refractivity contribution in [3.8, 4) is 11.5 Å². The van der Waals surface area contributed by atoms with Gasteiger partial charge in [0.15, 0.2) is 6.61 Å². The maximum absolute atomic E-state index is 11.9. The lowest BCUT2D eigenvalue weighted by Crippen LogP contribution is -2.24. The lowest BCUT2D eigenvalue weighted by molar-refractivity contribution is -0.123. The second-order valence-electron chi connectivity index (χ2n) is 6.53. The first-order valence-electron chi connectivity index (χ1n) is 8.80. The Morgan fingerprint density at radius 3 is 2.59 bits per heavy atom. The van der Waals surface area contributed by atoms with Crippen molar-refractivity contribution in [1.82, 2.24) is 5.43 Å².